The van der Waals surface area contributed by atoms with Crippen LogP contribution in [0.3, 0.4) is 0 Å². The molecule has 1 amide bonds. The smallest absolute Gasteiger partial charge is 0.227 e. The van der Waals surface area contributed by atoms with Crippen molar-refractivity contribution < 1.29 is 9.53 Å². The van der Waals surface area contributed by atoms with Crippen LogP contribution in [0, 0.1) is 5.92 Å². The Bertz CT molecular complexity index is 483. The van der Waals surface area contributed by atoms with Crippen molar-refractivity contribution in [2.45, 2.75) is 31.7 Å². The average Bonchev–Trinajstić information content (AvgIpc) is 2.48. The zero-order chi connectivity index (χ0) is 15.9. The second-order valence-corrected chi connectivity index (χ2v) is 6.29. The van der Waals surface area contributed by atoms with Crippen LogP contribution in [0.5, 0.6) is 5.75 Å². The number of hydrogen-bond acceptors (Lipinski definition) is 4. The molecular weight excluding hydrogens is 349 g/mol. The van der Waals surface area contributed by atoms with Crippen LogP contribution in [0.2, 0.25) is 0 Å². The summed E-state index contributed by atoms with van der Waals surface area (Å²) in [5.74, 6) is 0.940. The molecule has 1 aromatic rings. The Morgan fingerprint density at radius 3 is 2.50 bits per heavy atom. The van der Waals surface area contributed by atoms with Crippen molar-refractivity contribution in [1.82, 2.24) is 4.90 Å². The van der Waals surface area contributed by atoms with E-state index in [2.05, 4.69) is 10.2 Å². The van der Waals surface area contributed by atoms with Crippen molar-refractivity contribution in [2.24, 2.45) is 11.7 Å². The molecule has 1 aliphatic carbocycles. The number of nitrogens with two attached hydrogens (primary N) is 1. The first-order valence-electron chi connectivity index (χ1n) is 7.98. The summed E-state index contributed by atoms with van der Waals surface area (Å²) in [5.41, 5.74) is 6.75. The molecule has 1 aromatic carbocycles. The van der Waals surface area contributed by atoms with Gasteiger partial charge in [0.25, 0.3) is 0 Å². The van der Waals surface area contributed by atoms with Crippen LogP contribution in [-0.2, 0) is 4.79 Å². The predicted molar refractivity (Wildman–Crippen MR) is 104 cm³/mol. The first-order valence-corrected chi connectivity index (χ1v) is 7.98. The second-order valence-electron chi connectivity index (χ2n) is 6.29. The molecule has 0 aliphatic heterocycles. The van der Waals surface area contributed by atoms with Gasteiger partial charge in [0.05, 0.1) is 0 Å². The molecule has 1 aliphatic rings. The lowest BCUT2D eigenvalue weighted by molar-refractivity contribution is -0.120. The molecule has 3 N–H and O–H groups in total. The minimum absolute atomic E-state index is 0. The minimum atomic E-state index is 0. The van der Waals surface area contributed by atoms with Gasteiger partial charge in [-0.25, -0.2) is 0 Å². The van der Waals surface area contributed by atoms with Crippen LogP contribution in [0.15, 0.2) is 24.3 Å². The molecule has 0 heterocycles. The van der Waals surface area contributed by atoms with Gasteiger partial charge >= 0.3 is 0 Å². The van der Waals surface area contributed by atoms with E-state index in [0.29, 0.717) is 6.61 Å². The van der Waals surface area contributed by atoms with E-state index in [1.165, 1.54) is 0 Å². The number of hydrogen-bond donors (Lipinski definition) is 2. The highest BCUT2D eigenvalue weighted by atomic mass is 35.5. The lowest BCUT2D eigenvalue weighted by Gasteiger charge is -2.25. The Morgan fingerprint density at radius 1 is 1.25 bits per heavy atom. The Hall–Kier alpha value is -1.01. The number of nitrogens with one attached hydrogen (secondary N) is 1. The number of nitrogens with zero attached hydrogens (tertiary/aromatic N) is 1. The van der Waals surface area contributed by atoms with E-state index in [0.717, 1.165) is 43.7 Å². The van der Waals surface area contributed by atoms with Crippen molar-refractivity contribution >= 4 is 36.4 Å². The van der Waals surface area contributed by atoms with Gasteiger partial charge in [-0.3, -0.25) is 4.79 Å². The molecule has 2 rings (SSSR count). The maximum Gasteiger partial charge on any atom is 0.227 e. The van der Waals surface area contributed by atoms with Gasteiger partial charge in [-0.2, -0.15) is 0 Å². The number of halogens is 2. The van der Waals surface area contributed by atoms with Crippen molar-refractivity contribution in [3.05, 3.63) is 24.3 Å². The predicted octanol–water partition coefficient (Wildman–Crippen LogP) is 2.93. The van der Waals surface area contributed by atoms with Crippen molar-refractivity contribution in [2.75, 3.05) is 32.6 Å². The lowest BCUT2D eigenvalue weighted by Crippen LogP contribution is -2.34. The number of carbonyl (C=O) groups excluding carboxylic acids is 1. The van der Waals surface area contributed by atoms with Crippen LogP contribution in [-0.4, -0.2) is 44.1 Å². The van der Waals surface area contributed by atoms with Gasteiger partial charge in [-0.15, -0.1) is 24.8 Å². The zero-order valence-corrected chi connectivity index (χ0v) is 16.0. The molecule has 7 heteroatoms. The van der Waals surface area contributed by atoms with E-state index in [1.54, 1.807) is 0 Å². The van der Waals surface area contributed by atoms with E-state index in [1.807, 2.05) is 38.4 Å². The monoisotopic (exact) mass is 377 g/mol. The van der Waals surface area contributed by atoms with E-state index in [-0.39, 0.29) is 42.7 Å². The van der Waals surface area contributed by atoms with Gasteiger partial charge in [0.15, 0.2) is 0 Å². The molecule has 2 unspecified atom stereocenters. The summed E-state index contributed by atoms with van der Waals surface area (Å²) in [7, 11) is 4.03. The molecule has 0 aromatic heterocycles. The minimum Gasteiger partial charge on any atom is -0.492 e. The van der Waals surface area contributed by atoms with Crippen molar-refractivity contribution in [1.29, 1.82) is 0 Å². The van der Waals surface area contributed by atoms with Crippen LogP contribution in [0.4, 0.5) is 5.69 Å². The fourth-order valence-corrected chi connectivity index (χ4v) is 2.69. The quantitative estimate of drug-likeness (QED) is 0.799. The standard InChI is InChI=1S/C17H27N3O2.2ClH/c1-20(2)10-11-22-16-8-6-15(7-9-16)19-17(21)13-4-3-5-14(18)12-13;;/h6-9,13-14H,3-5,10-12,18H2,1-2H3,(H,19,21);2*1H. The number of benzene rings is 1. The number of rotatable bonds is 6. The Morgan fingerprint density at radius 2 is 1.92 bits per heavy atom. The van der Waals surface area contributed by atoms with Gasteiger partial charge in [0, 0.05) is 24.2 Å². The lowest BCUT2D eigenvalue weighted by atomic mass is 9.85. The number of likely N-dealkylation sites (N-methyl/N-ethyl adjacent to an activating group) is 1. The first-order chi connectivity index (χ1) is 10.5. The average molecular weight is 378 g/mol. The Labute approximate surface area is 157 Å². The summed E-state index contributed by atoms with van der Waals surface area (Å²) in [6.45, 7) is 1.53. The van der Waals surface area contributed by atoms with E-state index >= 15 is 0 Å². The molecule has 138 valence electrons. The second kappa shape index (κ2) is 11.5. The van der Waals surface area contributed by atoms with Crippen LogP contribution >= 0.6 is 24.8 Å². The molecular formula is C17H29Cl2N3O2. The SMILES string of the molecule is CN(C)CCOc1ccc(NC(=O)C2CCCC(N)C2)cc1.Cl.Cl. The highest BCUT2D eigenvalue weighted by Gasteiger charge is 2.25. The van der Waals surface area contributed by atoms with Gasteiger partial charge in [0.1, 0.15) is 12.4 Å². The normalized spacial score (nSPS) is 19.8. The molecule has 0 spiro atoms. The molecule has 0 radical (unpaired) electrons. The topological polar surface area (TPSA) is 67.6 Å². The van der Waals surface area contributed by atoms with Crippen LogP contribution in [0.1, 0.15) is 25.7 Å². The third-order valence-corrected chi connectivity index (χ3v) is 4.01. The van der Waals surface area contributed by atoms with E-state index < -0.39 is 0 Å². The molecule has 5 nitrogen and oxygen atoms in total. The Balaban J connectivity index is 0.00000264. The third-order valence-electron chi connectivity index (χ3n) is 4.01. The van der Waals surface area contributed by atoms with Crippen molar-refractivity contribution in [3.63, 3.8) is 0 Å². The summed E-state index contributed by atoms with van der Waals surface area (Å²) in [6.07, 6.45) is 3.80. The largest absolute Gasteiger partial charge is 0.492 e. The Kier molecular flexibility index (Phi) is 11.0. The summed E-state index contributed by atoms with van der Waals surface area (Å²) < 4.78 is 5.64. The number of carbonyl (C=O) groups is 1. The third kappa shape index (κ3) is 7.71. The van der Waals surface area contributed by atoms with Gasteiger partial charge in [-0.05, 0) is 57.6 Å². The fraction of sp³-hybridized carbons (Fsp3) is 0.588. The highest BCUT2D eigenvalue weighted by Crippen LogP contribution is 2.25. The first kappa shape index (κ1) is 23.0. The van der Waals surface area contributed by atoms with E-state index in [4.69, 9.17) is 10.5 Å². The summed E-state index contributed by atoms with van der Waals surface area (Å²) in [4.78, 5) is 14.3. The van der Waals surface area contributed by atoms with Crippen LogP contribution < -0.4 is 15.8 Å². The molecule has 1 fully saturated rings. The zero-order valence-electron chi connectivity index (χ0n) is 14.4. The number of ether oxygens (including phenoxy) is 1. The molecule has 0 saturated heterocycles. The molecule has 2 atom stereocenters. The molecule has 24 heavy (non-hydrogen) atoms. The fourth-order valence-electron chi connectivity index (χ4n) is 2.69. The van der Waals surface area contributed by atoms with Gasteiger partial charge in [-0.1, -0.05) is 6.42 Å². The van der Waals surface area contributed by atoms with Crippen LogP contribution in [0.25, 0.3) is 0 Å². The highest BCUT2D eigenvalue weighted by molar-refractivity contribution is 5.92. The number of anilines is 1. The maximum absolute atomic E-state index is 12.2. The maximum atomic E-state index is 12.2. The summed E-state index contributed by atoms with van der Waals surface area (Å²) in [6, 6.07) is 7.70. The molecule has 1 saturated carbocycles. The van der Waals surface area contributed by atoms with Gasteiger partial charge in [0.2, 0.25) is 5.91 Å². The van der Waals surface area contributed by atoms with Gasteiger partial charge < -0.3 is 20.7 Å². The number of amides is 1. The summed E-state index contributed by atoms with van der Waals surface area (Å²) >= 11 is 0. The van der Waals surface area contributed by atoms with E-state index in [9.17, 15) is 4.79 Å². The van der Waals surface area contributed by atoms with Crippen molar-refractivity contribution in [3.8, 4) is 5.75 Å². The summed E-state index contributed by atoms with van der Waals surface area (Å²) in [5, 5.41) is 2.98. The molecule has 0 bridgehead atoms.